The van der Waals surface area contributed by atoms with E-state index in [2.05, 4.69) is 43.2 Å². The van der Waals surface area contributed by atoms with Gasteiger partial charge in [-0.05, 0) is 33.4 Å². The van der Waals surface area contributed by atoms with Crippen molar-refractivity contribution in [2.75, 3.05) is 27.2 Å². The van der Waals surface area contributed by atoms with Crippen molar-refractivity contribution in [3.63, 3.8) is 0 Å². The van der Waals surface area contributed by atoms with Crippen LogP contribution in [-0.2, 0) is 4.79 Å². The van der Waals surface area contributed by atoms with E-state index >= 15 is 0 Å². The summed E-state index contributed by atoms with van der Waals surface area (Å²) in [5, 5.41) is 0. The van der Waals surface area contributed by atoms with Crippen LogP contribution in [0.1, 0.15) is 26.7 Å². The SMILES string of the molecule is CC1CN(C(C)CCC(=O)NN)CC1N(C)C. The average Bonchev–Trinajstić information content (AvgIpc) is 2.67. The lowest BCUT2D eigenvalue weighted by Gasteiger charge is -2.25. The molecule has 1 amide bonds. The summed E-state index contributed by atoms with van der Waals surface area (Å²) in [5.74, 6) is 5.69. The number of carbonyl (C=O) groups excluding carboxylic acids is 1. The van der Waals surface area contributed by atoms with Gasteiger partial charge in [0, 0.05) is 31.6 Å². The molecule has 3 unspecified atom stereocenters. The smallest absolute Gasteiger partial charge is 0.233 e. The summed E-state index contributed by atoms with van der Waals surface area (Å²) >= 11 is 0. The predicted molar refractivity (Wildman–Crippen MR) is 69.2 cm³/mol. The Hall–Kier alpha value is -0.650. The highest BCUT2D eigenvalue weighted by Crippen LogP contribution is 2.23. The van der Waals surface area contributed by atoms with Gasteiger partial charge in [0.15, 0.2) is 0 Å². The molecule has 1 rings (SSSR count). The molecule has 17 heavy (non-hydrogen) atoms. The molecule has 1 aliphatic heterocycles. The third kappa shape index (κ3) is 3.94. The number of nitrogens with zero attached hydrogens (tertiary/aromatic N) is 2. The summed E-state index contributed by atoms with van der Waals surface area (Å²) in [6.07, 6.45) is 1.38. The minimum absolute atomic E-state index is 0.0757. The molecule has 0 aromatic heterocycles. The van der Waals surface area contributed by atoms with E-state index in [1.54, 1.807) is 0 Å². The van der Waals surface area contributed by atoms with E-state index in [1.807, 2.05) is 0 Å². The minimum Gasteiger partial charge on any atom is -0.305 e. The fourth-order valence-electron chi connectivity index (χ4n) is 2.61. The Morgan fingerprint density at radius 3 is 2.65 bits per heavy atom. The molecular weight excluding hydrogens is 216 g/mol. The number of likely N-dealkylation sites (tertiary alicyclic amines) is 1. The van der Waals surface area contributed by atoms with Gasteiger partial charge in [-0.2, -0.15) is 0 Å². The molecule has 0 saturated carbocycles. The second kappa shape index (κ2) is 6.33. The zero-order valence-electron chi connectivity index (χ0n) is 11.4. The third-order valence-electron chi connectivity index (χ3n) is 3.84. The maximum absolute atomic E-state index is 11.1. The number of hydrogen-bond acceptors (Lipinski definition) is 4. The molecular formula is C12H26N4O. The van der Waals surface area contributed by atoms with Gasteiger partial charge < -0.3 is 4.90 Å². The van der Waals surface area contributed by atoms with Crippen molar-refractivity contribution < 1.29 is 4.79 Å². The quantitative estimate of drug-likeness (QED) is 0.405. The summed E-state index contributed by atoms with van der Waals surface area (Å²) in [5.41, 5.74) is 2.18. The minimum atomic E-state index is -0.0757. The van der Waals surface area contributed by atoms with Gasteiger partial charge in [0.05, 0.1) is 0 Å². The molecule has 0 radical (unpaired) electrons. The molecule has 1 saturated heterocycles. The number of likely N-dealkylation sites (N-methyl/N-ethyl adjacent to an activating group) is 1. The van der Waals surface area contributed by atoms with Crippen molar-refractivity contribution in [2.45, 2.75) is 38.8 Å². The summed E-state index contributed by atoms with van der Waals surface area (Å²) in [4.78, 5) is 15.9. The van der Waals surface area contributed by atoms with Crippen molar-refractivity contribution in [3.8, 4) is 0 Å². The summed E-state index contributed by atoms with van der Waals surface area (Å²) in [6.45, 7) is 6.70. The highest BCUT2D eigenvalue weighted by Gasteiger charge is 2.33. The van der Waals surface area contributed by atoms with E-state index in [1.165, 1.54) is 0 Å². The summed E-state index contributed by atoms with van der Waals surface area (Å²) < 4.78 is 0. The molecule has 100 valence electrons. The van der Waals surface area contributed by atoms with Gasteiger partial charge >= 0.3 is 0 Å². The van der Waals surface area contributed by atoms with Gasteiger partial charge in [0.25, 0.3) is 0 Å². The van der Waals surface area contributed by atoms with Crippen LogP contribution < -0.4 is 11.3 Å². The number of nitrogens with one attached hydrogen (secondary N) is 1. The maximum Gasteiger partial charge on any atom is 0.233 e. The lowest BCUT2D eigenvalue weighted by molar-refractivity contribution is -0.121. The molecule has 0 bridgehead atoms. The van der Waals surface area contributed by atoms with Crippen molar-refractivity contribution in [3.05, 3.63) is 0 Å². The van der Waals surface area contributed by atoms with E-state index in [0.29, 0.717) is 24.4 Å². The molecule has 1 heterocycles. The molecule has 5 heteroatoms. The Morgan fingerprint density at radius 2 is 2.18 bits per heavy atom. The number of amides is 1. The van der Waals surface area contributed by atoms with Crippen LogP contribution in [0.4, 0.5) is 0 Å². The highest BCUT2D eigenvalue weighted by molar-refractivity contribution is 5.75. The second-order valence-electron chi connectivity index (χ2n) is 5.42. The Labute approximate surface area is 104 Å². The first-order chi connectivity index (χ1) is 7.95. The van der Waals surface area contributed by atoms with Crippen molar-refractivity contribution in [1.29, 1.82) is 0 Å². The van der Waals surface area contributed by atoms with Gasteiger partial charge in [-0.1, -0.05) is 6.92 Å². The zero-order chi connectivity index (χ0) is 13.0. The van der Waals surface area contributed by atoms with E-state index < -0.39 is 0 Å². The number of hydrogen-bond donors (Lipinski definition) is 2. The topological polar surface area (TPSA) is 61.6 Å². The normalized spacial score (nSPS) is 27.4. The molecule has 0 spiro atoms. The summed E-state index contributed by atoms with van der Waals surface area (Å²) in [6, 6.07) is 1.07. The van der Waals surface area contributed by atoms with Gasteiger partial charge in [-0.25, -0.2) is 5.84 Å². The van der Waals surface area contributed by atoms with Crippen LogP contribution in [0.3, 0.4) is 0 Å². The second-order valence-corrected chi connectivity index (χ2v) is 5.42. The average molecular weight is 242 g/mol. The van der Waals surface area contributed by atoms with Crippen LogP contribution in [0.2, 0.25) is 0 Å². The van der Waals surface area contributed by atoms with Crippen LogP contribution in [0.25, 0.3) is 0 Å². The van der Waals surface area contributed by atoms with Crippen LogP contribution >= 0.6 is 0 Å². The van der Waals surface area contributed by atoms with Crippen molar-refractivity contribution >= 4 is 5.91 Å². The van der Waals surface area contributed by atoms with E-state index in [-0.39, 0.29) is 5.91 Å². The first-order valence-electron chi connectivity index (χ1n) is 6.35. The summed E-state index contributed by atoms with van der Waals surface area (Å²) in [7, 11) is 4.27. The van der Waals surface area contributed by atoms with Crippen LogP contribution in [0, 0.1) is 5.92 Å². The van der Waals surface area contributed by atoms with Crippen LogP contribution in [-0.4, -0.2) is 55.0 Å². The first-order valence-corrected chi connectivity index (χ1v) is 6.35. The zero-order valence-corrected chi connectivity index (χ0v) is 11.4. The molecule has 0 aromatic carbocycles. The number of carbonyl (C=O) groups is 1. The fraction of sp³-hybridized carbons (Fsp3) is 0.917. The van der Waals surface area contributed by atoms with E-state index in [0.717, 1.165) is 19.5 Å². The molecule has 3 atom stereocenters. The van der Waals surface area contributed by atoms with Gasteiger partial charge in [-0.3, -0.25) is 15.1 Å². The Balaban J connectivity index is 2.39. The Bertz CT molecular complexity index is 257. The molecule has 0 aliphatic carbocycles. The first kappa shape index (κ1) is 14.4. The van der Waals surface area contributed by atoms with Crippen molar-refractivity contribution in [2.24, 2.45) is 11.8 Å². The number of nitrogens with two attached hydrogens (primary N) is 1. The van der Waals surface area contributed by atoms with Gasteiger partial charge in [0.1, 0.15) is 0 Å². The van der Waals surface area contributed by atoms with Gasteiger partial charge in [-0.15, -0.1) is 0 Å². The lowest BCUT2D eigenvalue weighted by Crippen LogP contribution is -2.37. The van der Waals surface area contributed by atoms with Crippen molar-refractivity contribution in [1.82, 2.24) is 15.2 Å². The standard InChI is InChI=1S/C12H26N4O/c1-9-7-16(8-11(9)15(3)4)10(2)5-6-12(17)14-13/h9-11H,5-8,13H2,1-4H3,(H,14,17). The highest BCUT2D eigenvalue weighted by atomic mass is 16.2. The third-order valence-corrected chi connectivity index (χ3v) is 3.84. The molecule has 1 fully saturated rings. The Kier molecular flexibility index (Phi) is 5.36. The molecule has 1 aliphatic rings. The monoisotopic (exact) mass is 242 g/mol. The predicted octanol–water partition coefficient (Wildman–Crippen LogP) is 0.0269. The van der Waals surface area contributed by atoms with E-state index in [9.17, 15) is 4.79 Å². The number of rotatable bonds is 5. The van der Waals surface area contributed by atoms with Gasteiger partial charge in [0.2, 0.25) is 5.91 Å². The molecule has 0 aromatic rings. The molecule has 3 N–H and O–H groups in total. The number of hydrazine groups is 1. The molecule has 5 nitrogen and oxygen atoms in total. The lowest BCUT2D eigenvalue weighted by atomic mass is 10.1. The van der Waals surface area contributed by atoms with Crippen LogP contribution in [0.5, 0.6) is 0 Å². The largest absolute Gasteiger partial charge is 0.305 e. The van der Waals surface area contributed by atoms with E-state index in [4.69, 9.17) is 5.84 Å². The fourth-order valence-corrected chi connectivity index (χ4v) is 2.61. The Morgan fingerprint density at radius 1 is 1.53 bits per heavy atom. The van der Waals surface area contributed by atoms with Crippen LogP contribution in [0.15, 0.2) is 0 Å². The maximum atomic E-state index is 11.1.